The summed E-state index contributed by atoms with van der Waals surface area (Å²) in [5.74, 6) is 1.14. The molecule has 2 aromatic heterocycles. The van der Waals surface area contributed by atoms with Crippen LogP contribution < -0.4 is 11.1 Å². The van der Waals surface area contributed by atoms with E-state index in [4.69, 9.17) is 5.73 Å². The molecule has 6 heteroatoms. The van der Waals surface area contributed by atoms with Gasteiger partial charge in [-0.2, -0.15) is 0 Å². The molecule has 0 atom stereocenters. The van der Waals surface area contributed by atoms with Crippen LogP contribution in [0.15, 0.2) is 36.5 Å². The molecular formula is C12H11N5S. The topological polar surface area (TPSA) is 76.7 Å². The smallest absolute Gasteiger partial charge is 0.184 e. The molecule has 1 aromatic carbocycles. The van der Waals surface area contributed by atoms with Crippen LogP contribution in [0.1, 0.15) is 5.82 Å². The van der Waals surface area contributed by atoms with Crippen molar-refractivity contribution in [3.8, 4) is 0 Å². The van der Waals surface area contributed by atoms with Crippen LogP contribution in [0.2, 0.25) is 0 Å². The Labute approximate surface area is 108 Å². The van der Waals surface area contributed by atoms with Crippen LogP contribution in [-0.4, -0.2) is 15.0 Å². The van der Waals surface area contributed by atoms with Gasteiger partial charge in [0.2, 0.25) is 0 Å². The van der Waals surface area contributed by atoms with Gasteiger partial charge in [0.25, 0.3) is 0 Å². The number of fused-ring (bicyclic) bond motifs is 1. The molecule has 0 saturated heterocycles. The highest BCUT2D eigenvalue weighted by atomic mass is 32.1. The average molecular weight is 257 g/mol. The summed E-state index contributed by atoms with van der Waals surface area (Å²) in [5.41, 5.74) is 6.60. The van der Waals surface area contributed by atoms with Gasteiger partial charge in [0.1, 0.15) is 11.6 Å². The maximum Gasteiger partial charge on any atom is 0.184 e. The van der Waals surface area contributed by atoms with Gasteiger partial charge in [-0.15, -0.1) is 0 Å². The van der Waals surface area contributed by atoms with Crippen molar-refractivity contribution >= 4 is 32.5 Å². The Bertz CT molecular complexity index is 646. The lowest BCUT2D eigenvalue weighted by molar-refractivity contribution is 0.952. The Balaban J connectivity index is 1.76. The highest BCUT2D eigenvalue weighted by Gasteiger charge is 2.03. The molecule has 0 unspecified atom stereocenters. The van der Waals surface area contributed by atoms with Crippen LogP contribution >= 0.6 is 11.3 Å². The zero-order valence-corrected chi connectivity index (χ0v) is 10.3. The van der Waals surface area contributed by atoms with E-state index in [0.717, 1.165) is 15.3 Å². The Kier molecular flexibility index (Phi) is 2.77. The molecule has 0 bridgehead atoms. The summed E-state index contributed by atoms with van der Waals surface area (Å²) < 4.78 is 1.16. The number of hydrogen-bond donors (Lipinski definition) is 2. The van der Waals surface area contributed by atoms with Crippen LogP contribution in [0.3, 0.4) is 0 Å². The standard InChI is InChI=1S/C12H11N5S/c13-10-5-6-14-11(17-10)7-15-12-16-8-3-1-2-4-9(8)18-12/h1-6H,7H2,(H,15,16)(H2,13,14,17). The van der Waals surface area contributed by atoms with E-state index < -0.39 is 0 Å². The normalized spacial score (nSPS) is 10.7. The first-order valence-corrected chi connectivity index (χ1v) is 6.30. The molecule has 3 rings (SSSR count). The van der Waals surface area contributed by atoms with E-state index in [9.17, 15) is 0 Å². The van der Waals surface area contributed by atoms with Gasteiger partial charge in [-0.25, -0.2) is 15.0 Å². The molecule has 18 heavy (non-hydrogen) atoms. The van der Waals surface area contributed by atoms with Crippen LogP contribution in [0.4, 0.5) is 10.9 Å². The van der Waals surface area contributed by atoms with Gasteiger partial charge in [0.05, 0.1) is 16.8 Å². The second kappa shape index (κ2) is 4.58. The maximum absolute atomic E-state index is 5.60. The highest BCUT2D eigenvalue weighted by Crippen LogP contribution is 2.25. The molecule has 3 N–H and O–H groups in total. The molecule has 0 saturated carbocycles. The average Bonchev–Trinajstić information content (AvgIpc) is 2.79. The van der Waals surface area contributed by atoms with Crippen molar-refractivity contribution in [1.29, 1.82) is 0 Å². The minimum Gasteiger partial charge on any atom is -0.384 e. The van der Waals surface area contributed by atoms with Gasteiger partial charge in [0.15, 0.2) is 5.13 Å². The summed E-state index contributed by atoms with van der Waals surface area (Å²) in [5, 5.41) is 4.07. The largest absolute Gasteiger partial charge is 0.384 e. The Hall–Kier alpha value is -2.21. The Morgan fingerprint density at radius 3 is 2.89 bits per heavy atom. The zero-order valence-electron chi connectivity index (χ0n) is 9.50. The van der Waals surface area contributed by atoms with Crippen molar-refractivity contribution in [1.82, 2.24) is 15.0 Å². The lowest BCUT2D eigenvalue weighted by atomic mass is 10.3. The van der Waals surface area contributed by atoms with Crippen LogP contribution in [0, 0.1) is 0 Å². The molecule has 5 nitrogen and oxygen atoms in total. The molecule has 0 aliphatic heterocycles. The van der Waals surface area contributed by atoms with E-state index in [1.54, 1.807) is 23.6 Å². The molecule has 3 aromatic rings. The highest BCUT2D eigenvalue weighted by molar-refractivity contribution is 7.22. The molecule has 0 aliphatic rings. The molecule has 2 heterocycles. The van der Waals surface area contributed by atoms with E-state index in [1.807, 2.05) is 18.2 Å². The van der Waals surface area contributed by atoms with Crippen molar-refractivity contribution < 1.29 is 0 Å². The van der Waals surface area contributed by atoms with Crippen LogP contribution in [0.25, 0.3) is 10.2 Å². The van der Waals surface area contributed by atoms with E-state index in [2.05, 4.69) is 26.3 Å². The quantitative estimate of drug-likeness (QED) is 0.752. The number of rotatable bonds is 3. The molecular weight excluding hydrogens is 246 g/mol. The summed E-state index contributed by atoms with van der Waals surface area (Å²) in [6.07, 6.45) is 1.65. The predicted octanol–water partition coefficient (Wildman–Crippen LogP) is 2.28. The fraction of sp³-hybridized carbons (Fsp3) is 0.0833. The number of nitrogens with zero attached hydrogens (tertiary/aromatic N) is 3. The number of nitrogen functional groups attached to an aromatic ring is 1. The number of para-hydroxylation sites is 1. The molecule has 0 spiro atoms. The van der Waals surface area contributed by atoms with Crippen molar-refractivity contribution in [3.05, 3.63) is 42.4 Å². The molecule has 90 valence electrons. The Morgan fingerprint density at radius 1 is 1.17 bits per heavy atom. The minimum atomic E-state index is 0.478. The number of anilines is 2. The van der Waals surface area contributed by atoms with Crippen molar-refractivity contribution in [3.63, 3.8) is 0 Å². The first-order valence-electron chi connectivity index (χ1n) is 5.48. The third-order valence-electron chi connectivity index (χ3n) is 2.42. The molecule has 0 fully saturated rings. The number of nitrogens with two attached hydrogens (primary N) is 1. The van der Waals surface area contributed by atoms with Crippen LogP contribution in [0.5, 0.6) is 0 Å². The van der Waals surface area contributed by atoms with Gasteiger partial charge in [-0.3, -0.25) is 0 Å². The first-order chi connectivity index (χ1) is 8.81. The van der Waals surface area contributed by atoms with Crippen molar-refractivity contribution in [2.75, 3.05) is 11.1 Å². The second-order valence-corrected chi connectivity index (χ2v) is 4.77. The fourth-order valence-corrected chi connectivity index (χ4v) is 2.46. The summed E-state index contributed by atoms with van der Waals surface area (Å²) in [7, 11) is 0. The van der Waals surface area contributed by atoms with Crippen molar-refractivity contribution in [2.24, 2.45) is 0 Å². The number of hydrogen-bond acceptors (Lipinski definition) is 6. The zero-order chi connectivity index (χ0) is 12.4. The monoisotopic (exact) mass is 257 g/mol. The summed E-state index contributed by atoms with van der Waals surface area (Å²) in [4.78, 5) is 12.7. The van der Waals surface area contributed by atoms with E-state index in [1.165, 1.54) is 0 Å². The van der Waals surface area contributed by atoms with Crippen LogP contribution in [-0.2, 0) is 6.54 Å². The second-order valence-electron chi connectivity index (χ2n) is 3.74. The van der Waals surface area contributed by atoms with E-state index in [0.29, 0.717) is 18.2 Å². The lowest BCUT2D eigenvalue weighted by Crippen LogP contribution is -2.05. The minimum absolute atomic E-state index is 0.478. The number of aromatic nitrogens is 3. The van der Waals surface area contributed by atoms with Gasteiger partial charge < -0.3 is 11.1 Å². The SMILES string of the molecule is Nc1ccnc(CNc2nc3ccccc3s2)n1. The predicted molar refractivity (Wildman–Crippen MR) is 73.4 cm³/mol. The van der Waals surface area contributed by atoms with E-state index in [-0.39, 0.29) is 0 Å². The summed E-state index contributed by atoms with van der Waals surface area (Å²) in [6, 6.07) is 9.70. The van der Waals surface area contributed by atoms with E-state index >= 15 is 0 Å². The molecule has 0 amide bonds. The third-order valence-corrected chi connectivity index (χ3v) is 3.41. The third kappa shape index (κ3) is 2.23. The number of thiazole rings is 1. The summed E-state index contributed by atoms with van der Waals surface area (Å²) in [6.45, 7) is 0.519. The first kappa shape index (κ1) is 10.9. The van der Waals surface area contributed by atoms with Gasteiger partial charge in [-0.1, -0.05) is 23.5 Å². The number of nitrogens with one attached hydrogen (secondary N) is 1. The summed E-state index contributed by atoms with van der Waals surface area (Å²) >= 11 is 1.61. The van der Waals surface area contributed by atoms with Gasteiger partial charge in [-0.05, 0) is 18.2 Å². The molecule has 0 aliphatic carbocycles. The fourth-order valence-electron chi connectivity index (χ4n) is 1.60. The number of benzene rings is 1. The molecule has 0 radical (unpaired) electrons. The van der Waals surface area contributed by atoms with Gasteiger partial charge >= 0.3 is 0 Å². The maximum atomic E-state index is 5.60. The van der Waals surface area contributed by atoms with Gasteiger partial charge in [0, 0.05) is 6.20 Å². The Morgan fingerprint density at radius 2 is 2.06 bits per heavy atom. The lowest BCUT2D eigenvalue weighted by Gasteiger charge is -2.01. The van der Waals surface area contributed by atoms with Crippen molar-refractivity contribution in [2.45, 2.75) is 6.54 Å².